The van der Waals surface area contributed by atoms with Crippen LogP contribution in [0.2, 0.25) is 0 Å². The van der Waals surface area contributed by atoms with Gasteiger partial charge >= 0.3 is 0 Å². The van der Waals surface area contributed by atoms with Crippen LogP contribution in [0.3, 0.4) is 0 Å². The number of ether oxygens (including phenoxy) is 2. The fraction of sp³-hybridized carbons (Fsp3) is 0.364. The van der Waals surface area contributed by atoms with E-state index in [0.717, 1.165) is 29.9 Å². The van der Waals surface area contributed by atoms with Crippen LogP contribution in [0.15, 0.2) is 41.5 Å². The number of methoxy groups -OCH3 is 2. The number of benzene rings is 2. The number of carbonyl (C=O) groups excluding carboxylic acids is 1. The van der Waals surface area contributed by atoms with Gasteiger partial charge in [-0.2, -0.15) is 5.10 Å². The Morgan fingerprint density at radius 1 is 1.10 bits per heavy atom. The molecule has 2 aromatic carbocycles. The number of nitrogens with zero attached hydrogens (tertiary/aromatic N) is 3. The van der Waals surface area contributed by atoms with Crippen molar-refractivity contribution in [3.05, 3.63) is 53.1 Å². The second-order valence-corrected chi connectivity index (χ2v) is 7.32. The lowest BCUT2D eigenvalue weighted by Gasteiger charge is -2.34. The topological polar surface area (TPSA) is 74.6 Å². The molecule has 1 atom stereocenters. The Morgan fingerprint density at radius 3 is 2.41 bits per heavy atom. The van der Waals surface area contributed by atoms with Gasteiger partial charge in [-0.25, -0.2) is 0 Å². The first kappa shape index (κ1) is 19.3. The van der Waals surface area contributed by atoms with Crippen LogP contribution in [0.5, 0.6) is 11.5 Å². The summed E-state index contributed by atoms with van der Waals surface area (Å²) in [6.07, 6.45) is 0.116. The lowest BCUT2D eigenvalue weighted by molar-refractivity contribution is 0.0538. The van der Waals surface area contributed by atoms with Crippen molar-refractivity contribution in [3.8, 4) is 11.5 Å². The highest BCUT2D eigenvalue weighted by molar-refractivity contribution is 5.95. The number of fused-ring (bicyclic) bond motifs is 1. The van der Waals surface area contributed by atoms with Crippen molar-refractivity contribution in [2.24, 2.45) is 5.10 Å². The fourth-order valence-electron chi connectivity index (χ4n) is 3.95. The van der Waals surface area contributed by atoms with Gasteiger partial charge in [0.1, 0.15) is 17.6 Å². The molecule has 2 heterocycles. The summed E-state index contributed by atoms with van der Waals surface area (Å²) in [5.74, 6) is 1.11. The number of hydrogen-bond donors (Lipinski definition) is 1. The summed E-state index contributed by atoms with van der Waals surface area (Å²) in [6.45, 7) is 3.42. The molecule has 0 bridgehead atoms. The zero-order valence-corrected chi connectivity index (χ0v) is 16.9. The number of amides is 1. The van der Waals surface area contributed by atoms with Gasteiger partial charge in [0.2, 0.25) is 0 Å². The van der Waals surface area contributed by atoms with Crippen molar-refractivity contribution in [1.29, 1.82) is 0 Å². The highest BCUT2D eigenvalue weighted by atomic mass is 16.5. The van der Waals surface area contributed by atoms with E-state index in [1.807, 2.05) is 36.2 Å². The summed E-state index contributed by atoms with van der Waals surface area (Å²) in [6, 6.07) is 11.0. The Hall–Kier alpha value is -3.06. The van der Waals surface area contributed by atoms with Gasteiger partial charge < -0.3 is 19.5 Å². The molecule has 4 rings (SSSR count). The van der Waals surface area contributed by atoms with E-state index in [1.165, 1.54) is 0 Å². The molecule has 7 heteroatoms. The van der Waals surface area contributed by atoms with E-state index in [4.69, 9.17) is 9.47 Å². The van der Waals surface area contributed by atoms with Gasteiger partial charge in [0.05, 0.1) is 33.0 Å². The van der Waals surface area contributed by atoms with E-state index in [-0.39, 0.29) is 12.5 Å². The summed E-state index contributed by atoms with van der Waals surface area (Å²) in [5.41, 5.74) is 4.11. The van der Waals surface area contributed by atoms with Crippen LogP contribution in [0.4, 0.5) is 5.69 Å². The highest BCUT2D eigenvalue weighted by Crippen LogP contribution is 2.39. The van der Waals surface area contributed by atoms with Crippen molar-refractivity contribution >= 4 is 17.3 Å². The molecule has 29 heavy (non-hydrogen) atoms. The van der Waals surface area contributed by atoms with Crippen LogP contribution < -0.4 is 14.5 Å². The molecular formula is C22H25N3O4. The quantitative estimate of drug-likeness (QED) is 0.862. The molecule has 0 spiro atoms. The molecule has 2 aliphatic rings. The monoisotopic (exact) mass is 395 g/mol. The molecule has 1 amide bonds. The van der Waals surface area contributed by atoms with Crippen molar-refractivity contribution in [2.45, 2.75) is 26.0 Å². The molecule has 0 radical (unpaired) electrons. The van der Waals surface area contributed by atoms with Crippen molar-refractivity contribution in [1.82, 2.24) is 4.90 Å². The molecule has 0 saturated carbocycles. The van der Waals surface area contributed by atoms with Crippen LogP contribution in [-0.4, -0.2) is 48.9 Å². The normalized spacial score (nSPS) is 18.3. The SMILES string of the molecule is COc1ccc(OC)c2c1CN(C(=O)c1ccc(N3CCC(C)=N3)cc1)C[C@@H]2O. The number of rotatable bonds is 4. The summed E-state index contributed by atoms with van der Waals surface area (Å²) in [7, 11) is 3.15. The van der Waals surface area contributed by atoms with Gasteiger partial charge in [-0.1, -0.05) is 0 Å². The van der Waals surface area contributed by atoms with Crippen LogP contribution >= 0.6 is 0 Å². The molecule has 0 aromatic heterocycles. The predicted octanol–water partition coefficient (Wildman–Crippen LogP) is 2.98. The number of anilines is 1. The van der Waals surface area contributed by atoms with E-state index in [9.17, 15) is 9.90 Å². The molecule has 152 valence electrons. The molecule has 2 aromatic rings. The summed E-state index contributed by atoms with van der Waals surface area (Å²) >= 11 is 0. The van der Waals surface area contributed by atoms with Gasteiger partial charge in [0.15, 0.2) is 0 Å². The first-order valence-corrected chi connectivity index (χ1v) is 9.64. The number of hydrazone groups is 1. The van der Waals surface area contributed by atoms with Gasteiger partial charge in [-0.05, 0) is 43.3 Å². The first-order valence-electron chi connectivity index (χ1n) is 9.64. The molecular weight excluding hydrogens is 370 g/mol. The molecule has 0 saturated heterocycles. The maximum absolute atomic E-state index is 13.1. The summed E-state index contributed by atoms with van der Waals surface area (Å²) < 4.78 is 10.9. The van der Waals surface area contributed by atoms with Gasteiger partial charge in [-0.3, -0.25) is 9.80 Å². The molecule has 7 nitrogen and oxygen atoms in total. The van der Waals surface area contributed by atoms with Crippen molar-refractivity contribution in [2.75, 3.05) is 32.3 Å². The zero-order valence-electron chi connectivity index (χ0n) is 16.9. The average Bonchev–Trinajstić information content (AvgIpc) is 3.18. The number of aliphatic hydroxyl groups is 1. The highest BCUT2D eigenvalue weighted by Gasteiger charge is 2.32. The van der Waals surface area contributed by atoms with Crippen LogP contribution in [0.1, 0.15) is 40.9 Å². The minimum Gasteiger partial charge on any atom is -0.496 e. The average molecular weight is 395 g/mol. The lowest BCUT2D eigenvalue weighted by Crippen LogP contribution is -2.38. The standard InChI is InChI=1S/C22H25N3O4/c1-14-10-11-25(23-14)16-6-4-15(5-7-16)22(27)24-12-17-19(28-2)8-9-20(29-3)21(17)18(26)13-24/h4-9,18,26H,10-13H2,1-3H3/t18-/m0/s1. The Labute approximate surface area is 170 Å². The maximum Gasteiger partial charge on any atom is 0.254 e. The van der Waals surface area contributed by atoms with Gasteiger partial charge in [-0.15, -0.1) is 0 Å². The smallest absolute Gasteiger partial charge is 0.254 e. The second-order valence-electron chi connectivity index (χ2n) is 7.32. The third-order valence-electron chi connectivity index (χ3n) is 5.47. The van der Waals surface area contributed by atoms with Crippen molar-refractivity contribution in [3.63, 3.8) is 0 Å². The van der Waals surface area contributed by atoms with E-state index in [2.05, 4.69) is 5.10 Å². The Balaban J connectivity index is 1.58. The minimum atomic E-state index is -0.839. The van der Waals surface area contributed by atoms with E-state index < -0.39 is 6.10 Å². The molecule has 0 unspecified atom stereocenters. The maximum atomic E-state index is 13.1. The number of aliphatic hydroxyl groups excluding tert-OH is 1. The summed E-state index contributed by atoms with van der Waals surface area (Å²) in [4.78, 5) is 14.7. The summed E-state index contributed by atoms with van der Waals surface area (Å²) in [5, 5.41) is 17.2. The van der Waals surface area contributed by atoms with E-state index >= 15 is 0 Å². The van der Waals surface area contributed by atoms with Crippen LogP contribution in [-0.2, 0) is 6.54 Å². The van der Waals surface area contributed by atoms with Crippen LogP contribution in [0, 0.1) is 0 Å². The number of β-amino-alcohol motifs (C(OH)–C–C–N with tert-alkyl or cyclic N) is 1. The predicted molar refractivity (Wildman–Crippen MR) is 111 cm³/mol. The van der Waals surface area contributed by atoms with Crippen molar-refractivity contribution < 1.29 is 19.4 Å². The largest absolute Gasteiger partial charge is 0.496 e. The second kappa shape index (κ2) is 7.75. The Kier molecular flexibility index (Phi) is 5.15. The minimum absolute atomic E-state index is 0.132. The Bertz CT molecular complexity index is 955. The number of hydrogen-bond acceptors (Lipinski definition) is 6. The third kappa shape index (κ3) is 3.53. The Morgan fingerprint density at radius 2 is 1.79 bits per heavy atom. The fourth-order valence-corrected chi connectivity index (χ4v) is 3.95. The van der Waals surface area contributed by atoms with Gasteiger partial charge in [0, 0.05) is 35.4 Å². The molecule has 0 aliphatic carbocycles. The lowest BCUT2D eigenvalue weighted by atomic mass is 9.94. The number of carbonyl (C=O) groups is 1. The molecule has 1 N–H and O–H groups in total. The molecule has 2 aliphatic heterocycles. The van der Waals surface area contributed by atoms with E-state index in [1.54, 1.807) is 31.3 Å². The van der Waals surface area contributed by atoms with Crippen LogP contribution in [0.25, 0.3) is 0 Å². The third-order valence-corrected chi connectivity index (χ3v) is 5.47. The zero-order chi connectivity index (χ0) is 20.5. The van der Waals surface area contributed by atoms with Gasteiger partial charge in [0.25, 0.3) is 5.91 Å². The molecule has 0 fully saturated rings. The van der Waals surface area contributed by atoms with E-state index in [0.29, 0.717) is 29.2 Å². The first-order chi connectivity index (χ1) is 14.0.